The molecular weight excluding hydrogens is 226 g/mol. The fourth-order valence-corrected chi connectivity index (χ4v) is 1.76. The highest BCUT2D eigenvalue weighted by atomic mass is 16.5. The molecule has 3 nitrogen and oxygen atoms in total. The summed E-state index contributed by atoms with van der Waals surface area (Å²) in [6.45, 7) is 8.58. The predicted molar refractivity (Wildman–Crippen MR) is 75.3 cm³/mol. The van der Waals surface area contributed by atoms with Gasteiger partial charge in [0.1, 0.15) is 0 Å². The number of ether oxygens (including phenoxy) is 2. The lowest BCUT2D eigenvalue weighted by molar-refractivity contribution is 0.348. The smallest absolute Gasteiger partial charge is 0.165 e. The lowest BCUT2D eigenvalue weighted by atomic mass is 9.98. The van der Waals surface area contributed by atoms with Crippen LogP contribution in [0.5, 0.6) is 11.5 Å². The van der Waals surface area contributed by atoms with E-state index in [1.54, 1.807) is 14.2 Å². The molecule has 18 heavy (non-hydrogen) atoms. The van der Waals surface area contributed by atoms with Crippen LogP contribution < -0.4 is 14.8 Å². The third kappa shape index (κ3) is 3.91. The highest BCUT2D eigenvalue weighted by molar-refractivity contribution is 5.46. The molecule has 0 saturated carbocycles. The summed E-state index contributed by atoms with van der Waals surface area (Å²) >= 11 is 0. The van der Waals surface area contributed by atoms with Crippen molar-refractivity contribution in [2.24, 2.45) is 11.8 Å². The van der Waals surface area contributed by atoms with E-state index in [1.165, 1.54) is 0 Å². The fraction of sp³-hybridized carbons (Fsp3) is 0.600. The monoisotopic (exact) mass is 251 g/mol. The Labute approximate surface area is 110 Å². The summed E-state index contributed by atoms with van der Waals surface area (Å²) in [6, 6.07) is 5.97. The molecule has 1 atom stereocenters. The normalized spacial score (nSPS) is 12.6. The summed E-state index contributed by atoms with van der Waals surface area (Å²) in [6.07, 6.45) is 0. The molecule has 1 N–H and O–H groups in total. The van der Waals surface area contributed by atoms with Gasteiger partial charge in [0.2, 0.25) is 0 Å². The Morgan fingerprint density at radius 1 is 1.11 bits per heavy atom. The molecule has 1 aromatic carbocycles. The maximum absolute atomic E-state index is 5.41. The standard InChI is InChI=1S/C15H25NO2/c1-11(2)12(3)9-16-10-13-7-6-8-14(17-4)15(13)18-5/h6-8,11-12,16H,9-10H2,1-5H3. The molecule has 0 aromatic heterocycles. The zero-order chi connectivity index (χ0) is 13.5. The topological polar surface area (TPSA) is 30.5 Å². The second-order valence-corrected chi connectivity index (χ2v) is 5.00. The minimum Gasteiger partial charge on any atom is -0.493 e. The van der Waals surface area contributed by atoms with Gasteiger partial charge >= 0.3 is 0 Å². The lowest BCUT2D eigenvalue weighted by Gasteiger charge is -2.17. The minimum absolute atomic E-state index is 0.668. The SMILES string of the molecule is COc1cccc(CNCC(C)C(C)C)c1OC. The third-order valence-electron chi connectivity index (χ3n) is 3.40. The molecule has 3 heteroatoms. The van der Waals surface area contributed by atoms with Crippen molar-refractivity contribution in [2.75, 3.05) is 20.8 Å². The van der Waals surface area contributed by atoms with E-state index in [2.05, 4.69) is 32.2 Å². The summed E-state index contributed by atoms with van der Waals surface area (Å²) in [5, 5.41) is 3.47. The first kappa shape index (κ1) is 14.8. The van der Waals surface area contributed by atoms with Crippen molar-refractivity contribution in [3.8, 4) is 11.5 Å². The number of nitrogens with one attached hydrogen (secondary N) is 1. The molecule has 0 saturated heterocycles. The van der Waals surface area contributed by atoms with Crippen molar-refractivity contribution in [3.63, 3.8) is 0 Å². The first-order valence-electron chi connectivity index (χ1n) is 6.50. The van der Waals surface area contributed by atoms with E-state index in [9.17, 15) is 0 Å². The number of rotatable bonds is 7. The first-order valence-corrected chi connectivity index (χ1v) is 6.50. The van der Waals surface area contributed by atoms with Gasteiger partial charge in [-0.15, -0.1) is 0 Å². The van der Waals surface area contributed by atoms with Crippen molar-refractivity contribution in [1.82, 2.24) is 5.32 Å². The molecule has 0 aliphatic heterocycles. The van der Waals surface area contributed by atoms with Gasteiger partial charge in [0.15, 0.2) is 11.5 Å². The summed E-state index contributed by atoms with van der Waals surface area (Å²) in [4.78, 5) is 0. The maximum atomic E-state index is 5.41. The second-order valence-electron chi connectivity index (χ2n) is 5.00. The van der Waals surface area contributed by atoms with Crippen molar-refractivity contribution in [2.45, 2.75) is 27.3 Å². The van der Waals surface area contributed by atoms with Gasteiger partial charge in [-0.3, -0.25) is 0 Å². The van der Waals surface area contributed by atoms with Gasteiger partial charge in [-0.1, -0.05) is 32.9 Å². The zero-order valence-electron chi connectivity index (χ0n) is 12.1. The molecule has 1 unspecified atom stereocenters. The van der Waals surface area contributed by atoms with Crippen LogP contribution in [0.3, 0.4) is 0 Å². The lowest BCUT2D eigenvalue weighted by Crippen LogP contribution is -2.24. The summed E-state index contributed by atoms with van der Waals surface area (Å²) in [5.74, 6) is 2.98. The number of hydrogen-bond acceptors (Lipinski definition) is 3. The van der Waals surface area contributed by atoms with Gasteiger partial charge in [-0.05, 0) is 24.4 Å². The van der Waals surface area contributed by atoms with E-state index in [0.717, 1.165) is 30.2 Å². The molecule has 0 radical (unpaired) electrons. The Morgan fingerprint density at radius 2 is 1.83 bits per heavy atom. The van der Waals surface area contributed by atoms with Gasteiger partial charge in [-0.25, -0.2) is 0 Å². The highest BCUT2D eigenvalue weighted by Crippen LogP contribution is 2.30. The van der Waals surface area contributed by atoms with Crippen LogP contribution in [0.15, 0.2) is 18.2 Å². The van der Waals surface area contributed by atoms with E-state index >= 15 is 0 Å². The molecule has 1 aromatic rings. The van der Waals surface area contributed by atoms with Gasteiger partial charge in [-0.2, -0.15) is 0 Å². The molecule has 0 spiro atoms. The molecule has 0 bridgehead atoms. The Hall–Kier alpha value is -1.22. The third-order valence-corrected chi connectivity index (χ3v) is 3.40. The van der Waals surface area contributed by atoms with E-state index in [-0.39, 0.29) is 0 Å². The average Bonchev–Trinajstić information content (AvgIpc) is 2.37. The number of methoxy groups -OCH3 is 2. The fourth-order valence-electron chi connectivity index (χ4n) is 1.76. The van der Waals surface area contributed by atoms with Crippen molar-refractivity contribution in [1.29, 1.82) is 0 Å². The van der Waals surface area contributed by atoms with Crippen LogP contribution in [0, 0.1) is 11.8 Å². The number of benzene rings is 1. The van der Waals surface area contributed by atoms with E-state index in [0.29, 0.717) is 11.8 Å². The van der Waals surface area contributed by atoms with Gasteiger partial charge < -0.3 is 14.8 Å². The molecule has 0 fully saturated rings. The van der Waals surface area contributed by atoms with Crippen LogP contribution >= 0.6 is 0 Å². The molecule has 0 heterocycles. The van der Waals surface area contributed by atoms with Gasteiger partial charge in [0.05, 0.1) is 14.2 Å². The van der Waals surface area contributed by atoms with E-state index in [4.69, 9.17) is 9.47 Å². The summed E-state index contributed by atoms with van der Waals surface area (Å²) < 4.78 is 10.7. The molecule has 0 aliphatic carbocycles. The minimum atomic E-state index is 0.668. The molecule has 0 amide bonds. The Bertz CT molecular complexity index is 364. The predicted octanol–water partition coefficient (Wildman–Crippen LogP) is 3.09. The average molecular weight is 251 g/mol. The van der Waals surface area contributed by atoms with Crippen LogP contribution in [-0.2, 0) is 6.54 Å². The molecule has 0 aliphatic rings. The van der Waals surface area contributed by atoms with Crippen molar-refractivity contribution < 1.29 is 9.47 Å². The van der Waals surface area contributed by atoms with E-state index < -0.39 is 0 Å². The van der Waals surface area contributed by atoms with Gasteiger partial charge in [0.25, 0.3) is 0 Å². The zero-order valence-corrected chi connectivity index (χ0v) is 12.1. The van der Waals surface area contributed by atoms with Crippen LogP contribution in [0.1, 0.15) is 26.3 Å². The summed E-state index contributed by atoms with van der Waals surface area (Å²) in [7, 11) is 3.34. The van der Waals surface area contributed by atoms with Crippen molar-refractivity contribution >= 4 is 0 Å². The molecule has 1 rings (SSSR count). The van der Waals surface area contributed by atoms with Gasteiger partial charge in [0, 0.05) is 12.1 Å². The Balaban J connectivity index is 2.62. The maximum Gasteiger partial charge on any atom is 0.165 e. The Morgan fingerprint density at radius 3 is 2.39 bits per heavy atom. The van der Waals surface area contributed by atoms with Crippen molar-refractivity contribution in [3.05, 3.63) is 23.8 Å². The first-order chi connectivity index (χ1) is 8.60. The van der Waals surface area contributed by atoms with Crippen LogP contribution in [-0.4, -0.2) is 20.8 Å². The highest BCUT2D eigenvalue weighted by Gasteiger charge is 2.10. The quantitative estimate of drug-likeness (QED) is 0.808. The van der Waals surface area contributed by atoms with Crippen LogP contribution in [0.4, 0.5) is 0 Å². The molecule has 102 valence electrons. The Kier molecular flexibility index (Phi) is 5.99. The van der Waals surface area contributed by atoms with E-state index in [1.807, 2.05) is 12.1 Å². The van der Waals surface area contributed by atoms with Crippen LogP contribution in [0.2, 0.25) is 0 Å². The number of hydrogen-bond donors (Lipinski definition) is 1. The van der Waals surface area contributed by atoms with Crippen LogP contribution in [0.25, 0.3) is 0 Å². The summed E-state index contributed by atoms with van der Waals surface area (Å²) in [5.41, 5.74) is 1.13. The molecular formula is C15H25NO2. The largest absolute Gasteiger partial charge is 0.493 e. The number of para-hydroxylation sites is 1. The second kappa shape index (κ2) is 7.27.